The molecule has 0 rings (SSSR count). The predicted molar refractivity (Wildman–Crippen MR) is 67.5 cm³/mol. The number of carbonyl (C=O) groups excluding carboxylic acids is 1. The highest BCUT2D eigenvalue weighted by Gasteiger charge is 2.38. The minimum Gasteiger partial charge on any atom is -0.388 e. The topological polar surface area (TPSA) is 83.5 Å². The average molecular weight is 265 g/mol. The standard InChI is InChI=1S/C11H23NO4S/c1-6-7-11(4,14)8-12-9(13)10(2,3)17(5,15)16/h14H,6-8H2,1-5H3,(H,12,13). The molecule has 0 aliphatic carbocycles. The Bertz CT molecular complexity index is 371. The van der Waals surface area contributed by atoms with E-state index in [1.807, 2.05) is 6.92 Å². The summed E-state index contributed by atoms with van der Waals surface area (Å²) in [6.45, 7) is 6.30. The van der Waals surface area contributed by atoms with Gasteiger partial charge in [-0.05, 0) is 27.2 Å². The number of hydrogen-bond acceptors (Lipinski definition) is 4. The first-order valence-corrected chi connectivity index (χ1v) is 7.53. The van der Waals surface area contributed by atoms with Crippen LogP contribution in [0, 0.1) is 0 Å². The van der Waals surface area contributed by atoms with E-state index in [0.717, 1.165) is 12.7 Å². The maximum Gasteiger partial charge on any atom is 0.240 e. The van der Waals surface area contributed by atoms with Crippen LogP contribution >= 0.6 is 0 Å². The molecule has 0 fully saturated rings. The highest BCUT2D eigenvalue weighted by Crippen LogP contribution is 2.16. The molecule has 0 aromatic rings. The maximum atomic E-state index is 11.8. The van der Waals surface area contributed by atoms with Gasteiger partial charge in [-0.2, -0.15) is 0 Å². The van der Waals surface area contributed by atoms with Gasteiger partial charge in [-0.25, -0.2) is 8.42 Å². The van der Waals surface area contributed by atoms with Crippen molar-refractivity contribution in [1.29, 1.82) is 0 Å². The van der Waals surface area contributed by atoms with Crippen LogP contribution in [0.4, 0.5) is 0 Å². The van der Waals surface area contributed by atoms with Crippen LogP contribution in [0.25, 0.3) is 0 Å². The van der Waals surface area contributed by atoms with Crippen LogP contribution in [0.2, 0.25) is 0 Å². The van der Waals surface area contributed by atoms with Gasteiger partial charge in [-0.15, -0.1) is 0 Å². The molecular formula is C11H23NO4S. The molecule has 0 saturated heterocycles. The average Bonchev–Trinajstić information content (AvgIpc) is 2.12. The van der Waals surface area contributed by atoms with Crippen LogP contribution in [-0.2, 0) is 14.6 Å². The van der Waals surface area contributed by atoms with Gasteiger partial charge < -0.3 is 10.4 Å². The second-order valence-corrected chi connectivity index (χ2v) is 7.78. The van der Waals surface area contributed by atoms with Gasteiger partial charge in [0, 0.05) is 12.8 Å². The van der Waals surface area contributed by atoms with Gasteiger partial charge in [0.1, 0.15) is 4.75 Å². The molecule has 17 heavy (non-hydrogen) atoms. The molecule has 0 heterocycles. The highest BCUT2D eigenvalue weighted by atomic mass is 32.2. The molecule has 1 unspecified atom stereocenters. The van der Waals surface area contributed by atoms with E-state index in [-0.39, 0.29) is 6.54 Å². The molecule has 0 bridgehead atoms. The van der Waals surface area contributed by atoms with Crippen molar-refractivity contribution in [3.8, 4) is 0 Å². The molecule has 0 spiro atoms. The fourth-order valence-electron chi connectivity index (χ4n) is 1.28. The number of carbonyl (C=O) groups is 1. The molecule has 102 valence electrons. The first-order valence-electron chi connectivity index (χ1n) is 5.64. The summed E-state index contributed by atoms with van der Waals surface area (Å²) in [6, 6.07) is 0. The Morgan fingerprint density at radius 1 is 1.29 bits per heavy atom. The van der Waals surface area contributed by atoms with E-state index in [1.165, 1.54) is 13.8 Å². The Labute approximate surface area is 104 Å². The van der Waals surface area contributed by atoms with Crippen molar-refractivity contribution in [3.05, 3.63) is 0 Å². The molecule has 0 aliphatic rings. The SMILES string of the molecule is CCCC(C)(O)CNC(=O)C(C)(C)S(C)(=O)=O. The Hall–Kier alpha value is -0.620. The second-order valence-electron chi connectivity index (χ2n) is 5.21. The quantitative estimate of drug-likeness (QED) is 0.731. The zero-order valence-electron chi connectivity index (χ0n) is 11.2. The van der Waals surface area contributed by atoms with Crippen LogP contribution in [0.1, 0.15) is 40.5 Å². The molecule has 0 aliphatic heterocycles. The number of sulfone groups is 1. The van der Waals surface area contributed by atoms with E-state index < -0.39 is 26.1 Å². The summed E-state index contributed by atoms with van der Waals surface area (Å²) in [7, 11) is -3.48. The van der Waals surface area contributed by atoms with E-state index in [1.54, 1.807) is 6.92 Å². The van der Waals surface area contributed by atoms with E-state index in [9.17, 15) is 18.3 Å². The summed E-state index contributed by atoms with van der Waals surface area (Å²) in [5, 5.41) is 12.4. The zero-order chi connectivity index (χ0) is 13.9. The number of nitrogens with one attached hydrogen (secondary N) is 1. The third kappa shape index (κ3) is 4.63. The normalized spacial score (nSPS) is 16.4. The third-order valence-corrected chi connectivity index (χ3v) is 4.93. The summed E-state index contributed by atoms with van der Waals surface area (Å²) in [5.41, 5.74) is -1.00. The lowest BCUT2D eigenvalue weighted by atomic mass is 10.0. The van der Waals surface area contributed by atoms with Crippen molar-refractivity contribution in [3.63, 3.8) is 0 Å². The molecule has 0 saturated carbocycles. The van der Waals surface area contributed by atoms with Crippen LogP contribution in [-0.4, -0.2) is 42.6 Å². The third-order valence-electron chi connectivity index (χ3n) is 2.89. The summed E-state index contributed by atoms with van der Waals surface area (Å²) in [6.07, 6.45) is 2.36. The van der Waals surface area contributed by atoms with Gasteiger partial charge >= 0.3 is 0 Å². The predicted octanol–water partition coefficient (Wildman–Crippen LogP) is 0.477. The first-order chi connectivity index (χ1) is 7.44. The fourth-order valence-corrected chi connectivity index (χ4v) is 1.69. The largest absolute Gasteiger partial charge is 0.388 e. The molecule has 0 aromatic carbocycles. The van der Waals surface area contributed by atoms with Gasteiger partial charge in [0.2, 0.25) is 5.91 Å². The lowest BCUT2D eigenvalue weighted by molar-refractivity contribution is -0.124. The van der Waals surface area contributed by atoms with Gasteiger partial charge in [-0.3, -0.25) is 4.79 Å². The van der Waals surface area contributed by atoms with E-state index in [0.29, 0.717) is 6.42 Å². The van der Waals surface area contributed by atoms with Gasteiger partial charge in [0.25, 0.3) is 0 Å². The van der Waals surface area contributed by atoms with Gasteiger partial charge in [0.15, 0.2) is 9.84 Å². The maximum absolute atomic E-state index is 11.8. The zero-order valence-corrected chi connectivity index (χ0v) is 12.0. The Kier molecular flexibility index (Phi) is 5.16. The van der Waals surface area contributed by atoms with Crippen LogP contribution in [0.15, 0.2) is 0 Å². The van der Waals surface area contributed by atoms with Gasteiger partial charge in [0.05, 0.1) is 5.60 Å². The highest BCUT2D eigenvalue weighted by molar-refractivity contribution is 7.92. The van der Waals surface area contributed by atoms with Crippen molar-refractivity contribution in [2.24, 2.45) is 0 Å². The van der Waals surface area contributed by atoms with E-state index >= 15 is 0 Å². The molecule has 1 atom stereocenters. The number of rotatable bonds is 6. The first kappa shape index (κ1) is 16.4. The van der Waals surface area contributed by atoms with Crippen molar-refractivity contribution < 1.29 is 18.3 Å². The number of hydrogen-bond donors (Lipinski definition) is 2. The molecular weight excluding hydrogens is 242 g/mol. The van der Waals surface area contributed by atoms with E-state index in [2.05, 4.69) is 5.32 Å². The van der Waals surface area contributed by atoms with Crippen molar-refractivity contribution in [2.75, 3.05) is 12.8 Å². The molecule has 5 nitrogen and oxygen atoms in total. The monoisotopic (exact) mass is 265 g/mol. The molecule has 1 amide bonds. The van der Waals surface area contributed by atoms with Crippen molar-refractivity contribution in [2.45, 2.75) is 50.9 Å². The molecule has 2 N–H and O–H groups in total. The molecule has 6 heteroatoms. The second kappa shape index (κ2) is 5.35. The Morgan fingerprint density at radius 2 is 1.76 bits per heavy atom. The van der Waals surface area contributed by atoms with Crippen LogP contribution in [0.5, 0.6) is 0 Å². The lowest BCUT2D eigenvalue weighted by Crippen LogP contribution is -2.51. The fraction of sp³-hybridized carbons (Fsp3) is 0.909. The number of amides is 1. The minimum absolute atomic E-state index is 0.0542. The van der Waals surface area contributed by atoms with E-state index in [4.69, 9.17) is 0 Å². The lowest BCUT2D eigenvalue weighted by Gasteiger charge is -2.27. The van der Waals surface area contributed by atoms with Crippen LogP contribution < -0.4 is 5.32 Å². The summed E-state index contributed by atoms with van der Waals surface area (Å²) in [5.74, 6) is -0.587. The Morgan fingerprint density at radius 3 is 2.12 bits per heavy atom. The van der Waals surface area contributed by atoms with Gasteiger partial charge in [-0.1, -0.05) is 13.3 Å². The number of aliphatic hydroxyl groups is 1. The molecule has 0 aromatic heterocycles. The summed E-state index contributed by atoms with van der Waals surface area (Å²) in [4.78, 5) is 11.8. The van der Waals surface area contributed by atoms with Crippen molar-refractivity contribution >= 4 is 15.7 Å². The smallest absolute Gasteiger partial charge is 0.240 e. The van der Waals surface area contributed by atoms with Crippen molar-refractivity contribution in [1.82, 2.24) is 5.32 Å². The van der Waals surface area contributed by atoms with Crippen LogP contribution in [0.3, 0.4) is 0 Å². The summed E-state index contributed by atoms with van der Waals surface area (Å²) >= 11 is 0. The Balaban J connectivity index is 4.59. The molecule has 0 radical (unpaired) electrons. The minimum atomic E-state index is -3.48. The summed E-state index contributed by atoms with van der Waals surface area (Å²) < 4.78 is 21.4.